The van der Waals surface area contributed by atoms with E-state index in [2.05, 4.69) is 4.98 Å². The van der Waals surface area contributed by atoms with Gasteiger partial charge in [0.15, 0.2) is 0 Å². The van der Waals surface area contributed by atoms with Gasteiger partial charge in [-0.2, -0.15) is 0 Å². The minimum absolute atomic E-state index is 0.0743. The van der Waals surface area contributed by atoms with Crippen molar-refractivity contribution in [2.75, 3.05) is 32.2 Å². The van der Waals surface area contributed by atoms with Gasteiger partial charge in [0.05, 0.1) is 19.4 Å². The Bertz CT molecular complexity index is 1300. The van der Waals surface area contributed by atoms with Gasteiger partial charge < -0.3 is 18.8 Å². The monoisotopic (exact) mass is 499 g/mol. The van der Waals surface area contributed by atoms with Gasteiger partial charge >= 0.3 is 6.03 Å². The van der Waals surface area contributed by atoms with E-state index in [4.69, 9.17) is 13.9 Å². The molecule has 7 heteroatoms. The van der Waals surface area contributed by atoms with Crippen molar-refractivity contribution in [1.29, 1.82) is 0 Å². The largest absolute Gasteiger partial charge is 0.497 e. The van der Waals surface area contributed by atoms with Crippen molar-refractivity contribution in [3.63, 3.8) is 0 Å². The van der Waals surface area contributed by atoms with Gasteiger partial charge in [0.2, 0.25) is 5.89 Å². The fourth-order valence-electron chi connectivity index (χ4n) is 4.03. The van der Waals surface area contributed by atoms with Crippen molar-refractivity contribution < 1.29 is 18.7 Å². The number of carbonyl (C=O) groups is 1. The zero-order valence-electron chi connectivity index (χ0n) is 21.8. The molecule has 0 fully saturated rings. The Morgan fingerprint density at radius 3 is 2.43 bits per heavy atom. The average Bonchev–Trinajstić information content (AvgIpc) is 3.32. The zero-order valence-corrected chi connectivity index (χ0v) is 21.8. The third kappa shape index (κ3) is 6.50. The first-order chi connectivity index (χ1) is 18.0. The van der Waals surface area contributed by atoms with Crippen molar-refractivity contribution in [2.45, 2.75) is 26.8 Å². The van der Waals surface area contributed by atoms with E-state index in [9.17, 15) is 4.79 Å². The van der Waals surface area contributed by atoms with Crippen molar-refractivity contribution >= 4 is 11.7 Å². The number of aromatic nitrogens is 1. The Labute approximate surface area is 218 Å². The number of ether oxygens (including phenoxy) is 2. The van der Waals surface area contributed by atoms with Crippen LogP contribution in [-0.4, -0.2) is 43.2 Å². The Balaban J connectivity index is 1.35. The molecule has 0 radical (unpaired) electrons. The van der Waals surface area contributed by atoms with Crippen LogP contribution in [0.2, 0.25) is 0 Å². The standard InChI is InChI=1S/C30H33N3O4/c1-5-33(30(34)32(3)25-14-16-26(35-4)17-15-25)21-23-10-9-13-27(20-23)36-19-18-28-22(2)37-29(31-28)24-11-7-6-8-12-24/h6-17,20H,5,18-19,21H2,1-4H3. The molecule has 37 heavy (non-hydrogen) atoms. The third-order valence-corrected chi connectivity index (χ3v) is 6.19. The number of anilines is 1. The lowest BCUT2D eigenvalue weighted by Crippen LogP contribution is -2.40. The highest BCUT2D eigenvalue weighted by Gasteiger charge is 2.19. The second-order valence-corrected chi connectivity index (χ2v) is 8.69. The molecule has 0 spiro atoms. The number of benzene rings is 3. The zero-order chi connectivity index (χ0) is 26.2. The Morgan fingerprint density at radius 2 is 1.73 bits per heavy atom. The van der Waals surface area contributed by atoms with Crippen LogP contribution in [-0.2, 0) is 13.0 Å². The maximum atomic E-state index is 13.2. The minimum Gasteiger partial charge on any atom is -0.497 e. The highest BCUT2D eigenvalue weighted by molar-refractivity contribution is 5.91. The van der Waals surface area contributed by atoms with Crippen LogP contribution < -0.4 is 14.4 Å². The van der Waals surface area contributed by atoms with Gasteiger partial charge in [0.25, 0.3) is 0 Å². The average molecular weight is 500 g/mol. The summed E-state index contributed by atoms with van der Waals surface area (Å²) in [6.07, 6.45) is 0.638. The summed E-state index contributed by atoms with van der Waals surface area (Å²) in [4.78, 5) is 21.2. The summed E-state index contributed by atoms with van der Waals surface area (Å²) in [5.74, 6) is 2.94. The van der Waals surface area contributed by atoms with Crippen molar-refractivity contribution in [1.82, 2.24) is 9.88 Å². The maximum Gasteiger partial charge on any atom is 0.324 e. The Kier molecular flexibility index (Phi) is 8.46. The molecule has 0 N–H and O–H groups in total. The van der Waals surface area contributed by atoms with Crippen LogP contribution in [0.4, 0.5) is 10.5 Å². The summed E-state index contributed by atoms with van der Waals surface area (Å²) in [6.45, 7) is 5.44. The summed E-state index contributed by atoms with van der Waals surface area (Å²) in [5, 5.41) is 0. The molecule has 0 bridgehead atoms. The number of hydrogen-bond donors (Lipinski definition) is 0. The van der Waals surface area contributed by atoms with Crippen LogP contribution >= 0.6 is 0 Å². The molecule has 4 aromatic rings. The molecule has 1 heterocycles. The van der Waals surface area contributed by atoms with E-state index in [1.165, 1.54) is 0 Å². The fourth-order valence-corrected chi connectivity index (χ4v) is 4.03. The van der Waals surface area contributed by atoms with Crippen LogP contribution in [0.25, 0.3) is 11.5 Å². The molecule has 0 aliphatic carbocycles. The smallest absolute Gasteiger partial charge is 0.324 e. The molecule has 0 atom stereocenters. The summed E-state index contributed by atoms with van der Waals surface area (Å²) >= 11 is 0. The van der Waals surface area contributed by atoms with Crippen LogP contribution in [0.3, 0.4) is 0 Å². The van der Waals surface area contributed by atoms with Crippen LogP contribution in [0.1, 0.15) is 23.9 Å². The summed E-state index contributed by atoms with van der Waals surface area (Å²) < 4.78 is 17.1. The molecule has 192 valence electrons. The molecule has 0 saturated carbocycles. The first-order valence-electron chi connectivity index (χ1n) is 12.4. The normalized spacial score (nSPS) is 10.7. The Hall–Kier alpha value is -4.26. The lowest BCUT2D eigenvalue weighted by Gasteiger charge is -2.27. The highest BCUT2D eigenvalue weighted by atomic mass is 16.5. The lowest BCUT2D eigenvalue weighted by atomic mass is 10.2. The number of carbonyl (C=O) groups excluding carboxylic acids is 1. The van der Waals surface area contributed by atoms with Gasteiger partial charge in [-0.15, -0.1) is 0 Å². The molecular formula is C30H33N3O4. The molecule has 4 rings (SSSR count). The van der Waals surface area contributed by atoms with Gasteiger partial charge in [0.1, 0.15) is 17.3 Å². The molecule has 0 aliphatic rings. The molecule has 7 nitrogen and oxygen atoms in total. The number of urea groups is 1. The number of nitrogens with zero attached hydrogens (tertiary/aromatic N) is 3. The van der Waals surface area contributed by atoms with Crippen molar-refractivity contribution in [2.24, 2.45) is 0 Å². The Morgan fingerprint density at radius 1 is 0.973 bits per heavy atom. The third-order valence-electron chi connectivity index (χ3n) is 6.19. The number of aryl methyl sites for hydroxylation is 1. The van der Waals surface area contributed by atoms with Gasteiger partial charge in [-0.3, -0.25) is 4.90 Å². The first kappa shape index (κ1) is 25.8. The molecule has 0 aliphatic heterocycles. The van der Waals surface area contributed by atoms with Crippen molar-refractivity contribution in [3.05, 3.63) is 95.9 Å². The van der Waals surface area contributed by atoms with Crippen LogP contribution in [0, 0.1) is 6.92 Å². The van der Waals surface area contributed by atoms with E-state index in [1.807, 2.05) is 92.7 Å². The van der Waals surface area contributed by atoms with Crippen LogP contribution in [0.5, 0.6) is 11.5 Å². The minimum atomic E-state index is -0.0743. The highest BCUT2D eigenvalue weighted by Crippen LogP contribution is 2.23. The van der Waals surface area contributed by atoms with E-state index in [1.54, 1.807) is 24.0 Å². The number of oxazole rings is 1. The number of methoxy groups -OCH3 is 1. The molecule has 2 amide bonds. The maximum absolute atomic E-state index is 13.2. The lowest BCUT2D eigenvalue weighted by molar-refractivity contribution is 0.206. The van der Waals surface area contributed by atoms with Crippen molar-refractivity contribution in [3.8, 4) is 23.0 Å². The topological polar surface area (TPSA) is 68.0 Å². The molecule has 1 aromatic heterocycles. The van der Waals surface area contributed by atoms with E-state index >= 15 is 0 Å². The van der Waals surface area contributed by atoms with Crippen LogP contribution in [0.15, 0.2) is 83.3 Å². The molecule has 0 saturated heterocycles. The SMILES string of the molecule is CCN(Cc1cccc(OCCc2nc(-c3ccccc3)oc2C)c1)C(=O)N(C)c1ccc(OC)cc1. The summed E-state index contributed by atoms with van der Waals surface area (Å²) in [7, 11) is 3.40. The number of rotatable bonds is 10. The predicted octanol–water partition coefficient (Wildman–Crippen LogP) is 6.36. The van der Waals surface area contributed by atoms with E-state index in [0.717, 1.165) is 39.8 Å². The number of hydrogen-bond acceptors (Lipinski definition) is 5. The predicted molar refractivity (Wildman–Crippen MR) is 145 cm³/mol. The van der Waals surface area contributed by atoms with E-state index in [0.29, 0.717) is 32.0 Å². The molecule has 3 aromatic carbocycles. The van der Waals surface area contributed by atoms with Gasteiger partial charge in [-0.05, 0) is 67.9 Å². The fraction of sp³-hybridized carbons (Fsp3) is 0.267. The van der Waals surface area contributed by atoms with Gasteiger partial charge in [-0.1, -0.05) is 30.3 Å². The second-order valence-electron chi connectivity index (χ2n) is 8.69. The second kappa shape index (κ2) is 12.1. The molecule has 0 unspecified atom stereocenters. The van der Waals surface area contributed by atoms with Gasteiger partial charge in [0, 0.05) is 37.8 Å². The summed E-state index contributed by atoms with van der Waals surface area (Å²) in [5.41, 5.74) is 3.65. The first-order valence-corrected chi connectivity index (χ1v) is 12.4. The quantitative estimate of drug-likeness (QED) is 0.254. The van der Waals surface area contributed by atoms with Gasteiger partial charge in [-0.25, -0.2) is 9.78 Å². The van der Waals surface area contributed by atoms with E-state index in [-0.39, 0.29) is 6.03 Å². The van der Waals surface area contributed by atoms with E-state index < -0.39 is 0 Å². The summed E-state index contributed by atoms with van der Waals surface area (Å²) in [6, 6.07) is 25.1. The number of amides is 2. The molecular weight excluding hydrogens is 466 g/mol.